The summed E-state index contributed by atoms with van der Waals surface area (Å²) in [4.78, 5) is 14.3. The zero-order chi connectivity index (χ0) is 21.9. The molecule has 7 heteroatoms. The first-order valence-electron chi connectivity index (χ1n) is 9.88. The largest absolute Gasteiger partial charge is 0.496 e. The van der Waals surface area contributed by atoms with Crippen LogP contribution in [0.4, 0.5) is 5.69 Å². The maximum absolute atomic E-state index is 12.0. The Balaban J connectivity index is 1.70. The van der Waals surface area contributed by atoms with Gasteiger partial charge in [-0.3, -0.25) is 4.79 Å². The molecule has 1 amide bonds. The minimum absolute atomic E-state index is 0.0721. The predicted octanol–water partition coefficient (Wildman–Crippen LogP) is 4.60. The lowest BCUT2D eigenvalue weighted by atomic mass is 9.80. The SMILES string of the molecule is COc1cc2c(cc1/C=N/NC(=O)COc1ccccc1Cl)C(C)CC(C)(C)N2C. The number of rotatable bonds is 6. The molecule has 2 aromatic rings. The average molecular weight is 430 g/mol. The summed E-state index contributed by atoms with van der Waals surface area (Å²) in [5.74, 6) is 1.19. The van der Waals surface area contributed by atoms with E-state index < -0.39 is 0 Å². The van der Waals surface area contributed by atoms with Crippen molar-refractivity contribution in [2.45, 2.75) is 38.6 Å². The number of carbonyl (C=O) groups excluding carboxylic acids is 1. The number of benzene rings is 2. The van der Waals surface area contributed by atoms with Gasteiger partial charge in [0.1, 0.15) is 11.5 Å². The number of methoxy groups -OCH3 is 1. The van der Waals surface area contributed by atoms with Crippen molar-refractivity contribution in [2.75, 3.05) is 25.7 Å². The second-order valence-corrected chi connectivity index (χ2v) is 8.55. The van der Waals surface area contributed by atoms with E-state index in [1.807, 2.05) is 6.07 Å². The van der Waals surface area contributed by atoms with Gasteiger partial charge in [0.15, 0.2) is 6.61 Å². The number of anilines is 1. The zero-order valence-electron chi connectivity index (χ0n) is 18.0. The third-order valence-electron chi connectivity index (χ3n) is 5.57. The fourth-order valence-electron chi connectivity index (χ4n) is 3.80. The van der Waals surface area contributed by atoms with Crippen molar-refractivity contribution in [1.29, 1.82) is 0 Å². The molecular weight excluding hydrogens is 402 g/mol. The number of amides is 1. The first kappa shape index (κ1) is 22.0. The molecule has 0 aliphatic carbocycles. The standard InChI is InChI=1S/C23H28ClN3O3/c1-15-12-23(2,3)27(4)19-11-21(29-5)16(10-17(15)19)13-25-26-22(28)14-30-20-9-7-6-8-18(20)24/h6-11,13,15H,12,14H2,1-5H3,(H,26,28)/b25-13+. The molecule has 0 bridgehead atoms. The van der Waals surface area contributed by atoms with Crippen LogP contribution in [-0.4, -0.2) is 38.4 Å². The fraction of sp³-hybridized carbons (Fsp3) is 0.391. The van der Waals surface area contributed by atoms with E-state index in [2.05, 4.69) is 49.3 Å². The van der Waals surface area contributed by atoms with E-state index in [0.29, 0.717) is 22.4 Å². The van der Waals surface area contributed by atoms with Gasteiger partial charge in [0.2, 0.25) is 0 Å². The molecule has 6 nitrogen and oxygen atoms in total. The molecule has 0 radical (unpaired) electrons. The Hall–Kier alpha value is -2.73. The molecule has 1 aliphatic rings. The number of hydrogen-bond donors (Lipinski definition) is 1. The summed E-state index contributed by atoms with van der Waals surface area (Å²) in [5, 5.41) is 4.53. The van der Waals surface area contributed by atoms with Gasteiger partial charge < -0.3 is 14.4 Å². The minimum atomic E-state index is -0.377. The zero-order valence-corrected chi connectivity index (χ0v) is 18.8. The number of carbonyl (C=O) groups is 1. The molecule has 0 spiro atoms. The summed E-state index contributed by atoms with van der Waals surface area (Å²) in [6.07, 6.45) is 2.65. The third-order valence-corrected chi connectivity index (χ3v) is 5.89. The third kappa shape index (κ3) is 4.70. The van der Waals surface area contributed by atoms with E-state index in [1.54, 1.807) is 37.6 Å². The van der Waals surface area contributed by atoms with Gasteiger partial charge in [-0.05, 0) is 49.9 Å². The maximum atomic E-state index is 12.0. The Kier molecular flexibility index (Phi) is 6.56. The average Bonchev–Trinajstić information content (AvgIpc) is 2.71. The van der Waals surface area contributed by atoms with Gasteiger partial charge >= 0.3 is 0 Å². The Morgan fingerprint density at radius 3 is 2.77 bits per heavy atom. The van der Waals surface area contributed by atoms with Crippen LogP contribution in [0.15, 0.2) is 41.5 Å². The molecule has 0 aromatic heterocycles. The highest BCUT2D eigenvalue weighted by molar-refractivity contribution is 6.32. The molecule has 1 unspecified atom stereocenters. The highest BCUT2D eigenvalue weighted by atomic mass is 35.5. The second kappa shape index (κ2) is 8.96. The van der Waals surface area contributed by atoms with Crippen LogP contribution in [0.5, 0.6) is 11.5 Å². The predicted molar refractivity (Wildman–Crippen MR) is 121 cm³/mol. The van der Waals surface area contributed by atoms with E-state index in [0.717, 1.165) is 17.7 Å². The highest BCUT2D eigenvalue weighted by Gasteiger charge is 2.34. The van der Waals surface area contributed by atoms with Crippen molar-refractivity contribution in [3.8, 4) is 11.5 Å². The van der Waals surface area contributed by atoms with E-state index in [9.17, 15) is 4.79 Å². The van der Waals surface area contributed by atoms with E-state index in [4.69, 9.17) is 21.1 Å². The van der Waals surface area contributed by atoms with Crippen molar-refractivity contribution < 1.29 is 14.3 Å². The molecule has 1 heterocycles. The molecule has 160 valence electrons. The van der Waals surface area contributed by atoms with Crippen LogP contribution in [-0.2, 0) is 4.79 Å². The van der Waals surface area contributed by atoms with Crippen LogP contribution in [0, 0.1) is 0 Å². The van der Waals surface area contributed by atoms with Crippen molar-refractivity contribution in [2.24, 2.45) is 5.10 Å². The Morgan fingerprint density at radius 1 is 1.33 bits per heavy atom. The van der Waals surface area contributed by atoms with Crippen LogP contribution in [0.3, 0.4) is 0 Å². The molecular formula is C23H28ClN3O3. The number of ether oxygens (including phenoxy) is 2. The van der Waals surface area contributed by atoms with Gasteiger partial charge in [-0.25, -0.2) is 5.43 Å². The number of nitrogens with zero attached hydrogens (tertiary/aromatic N) is 2. The fourth-order valence-corrected chi connectivity index (χ4v) is 3.99. The van der Waals surface area contributed by atoms with Crippen LogP contribution < -0.4 is 19.8 Å². The molecule has 1 atom stereocenters. The van der Waals surface area contributed by atoms with Crippen molar-refractivity contribution in [3.05, 3.63) is 52.5 Å². The van der Waals surface area contributed by atoms with Crippen LogP contribution >= 0.6 is 11.6 Å². The van der Waals surface area contributed by atoms with E-state index >= 15 is 0 Å². The molecule has 3 rings (SSSR count). The van der Waals surface area contributed by atoms with Gasteiger partial charge in [-0.15, -0.1) is 0 Å². The number of fused-ring (bicyclic) bond motifs is 1. The lowest BCUT2D eigenvalue weighted by Crippen LogP contribution is -2.45. The molecule has 1 N–H and O–H groups in total. The maximum Gasteiger partial charge on any atom is 0.277 e. The van der Waals surface area contributed by atoms with Crippen LogP contribution in [0.2, 0.25) is 5.02 Å². The minimum Gasteiger partial charge on any atom is -0.496 e. The molecule has 0 saturated carbocycles. The van der Waals surface area contributed by atoms with Crippen molar-refractivity contribution >= 4 is 29.4 Å². The summed E-state index contributed by atoms with van der Waals surface area (Å²) >= 11 is 6.02. The molecule has 1 aliphatic heterocycles. The summed E-state index contributed by atoms with van der Waals surface area (Å²) < 4.78 is 11.0. The van der Waals surface area contributed by atoms with Crippen molar-refractivity contribution in [3.63, 3.8) is 0 Å². The van der Waals surface area contributed by atoms with Gasteiger partial charge in [-0.1, -0.05) is 30.7 Å². The lowest BCUT2D eigenvalue weighted by molar-refractivity contribution is -0.123. The lowest BCUT2D eigenvalue weighted by Gasteiger charge is -2.45. The summed E-state index contributed by atoms with van der Waals surface area (Å²) in [7, 11) is 3.74. The Bertz CT molecular complexity index is 959. The first-order chi connectivity index (χ1) is 14.2. The summed E-state index contributed by atoms with van der Waals surface area (Å²) in [6.45, 7) is 6.54. The summed E-state index contributed by atoms with van der Waals surface area (Å²) in [5.41, 5.74) is 5.76. The van der Waals surface area contributed by atoms with Gasteiger partial charge in [0.25, 0.3) is 5.91 Å². The monoisotopic (exact) mass is 429 g/mol. The molecule has 2 aromatic carbocycles. The Morgan fingerprint density at radius 2 is 2.07 bits per heavy atom. The summed E-state index contributed by atoms with van der Waals surface area (Å²) in [6, 6.07) is 11.1. The molecule has 0 saturated heterocycles. The topological polar surface area (TPSA) is 63.2 Å². The highest BCUT2D eigenvalue weighted by Crippen LogP contribution is 2.44. The number of nitrogens with one attached hydrogen (secondary N) is 1. The molecule has 30 heavy (non-hydrogen) atoms. The quantitative estimate of drug-likeness (QED) is 0.538. The van der Waals surface area contributed by atoms with Crippen LogP contribution in [0.1, 0.15) is 44.2 Å². The number of hydrogen-bond acceptors (Lipinski definition) is 5. The molecule has 0 fully saturated rings. The number of para-hydroxylation sites is 1. The van der Waals surface area contributed by atoms with E-state index in [-0.39, 0.29) is 18.1 Å². The Labute approximate surface area is 182 Å². The van der Waals surface area contributed by atoms with Crippen molar-refractivity contribution in [1.82, 2.24) is 5.43 Å². The van der Waals surface area contributed by atoms with Crippen LogP contribution in [0.25, 0.3) is 0 Å². The number of halogens is 1. The van der Waals surface area contributed by atoms with Gasteiger partial charge in [0.05, 0.1) is 18.3 Å². The van der Waals surface area contributed by atoms with Gasteiger partial charge in [-0.2, -0.15) is 5.10 Å². The first-order valence-corrected chi connectivity index (χ1v) is 10.3. The van der Waals surface area contributed by atoms with E-state index in [1.165, 1.54) is 5.56 Å². The normalized spacial score (nSPS) is 17.5. The number of hydrazone groups is 1. The second-order valence-electron chi connectivity index (χ2n) is 8.14. The smallest absolute Gasteiger partial charge is 0.277 e. The van der Waals surface area contributed by atoms with Gasteiger partial charge in [0, 0.05) is 29.9 Å².